The van der Waals surface area contributed by atoms with Gasteiger partial charge < -0.3 is 10.5 Å². The molecule has 0 bridgehead atoms. The van der Waals surface area contributed by atoms with Gasteiger partial charge in [0, 0.05) is 12.1 Å². The molecule has 1 radical (unpaired) electrons. The van der Waals surface area contributed by atoms with Crippen LogP contribution in [0, 0.1) is 11.8 Å². The first-order valence-electron chi connectivity index (χ1n) is 4.78. The van der Waals surface area contributed by atoms with Gasteiger partial charge in [0.1, 0.15) is 12.4 Å². The largest absolute Gasteiger partial charge is 0.444 e. The van der Waals surface area contributed by atoms with Crippen molar-refractivity contribution in [1.29, 1.82) is 5.41 Å². The number of hydrogen-bond acceptors (Lipinski definition) is 4. The maximum absolute atomic E-state index is 11.1. The van der Waals surface area contributed by atoms with Gasteiger partial charge >= 0.3 is 6.09 Å². The fourth-order valence-electron chi connectivity index (χ4n) is 1.05. The van der Waals surface area contributed by atoms with Gasteiger partial charge in [-0.25, -0.2) is 4.79 Å². The molecule has 0 saturated carbocycles. The second kappa shape index (κ2) is 5.75. The number of amides is 1. The van der Waals surface area contributed by atoms with Crippen LogP contribution in [0.15, 0.2) is 24.3 Å². The first-order chi connectivity index (χ1) is 7.61. The van der Waals surface area contributed by atoms with Crippen LogP contribution in [0.25, 0.3) is 0 Å². The highest BCUT2D eigenvalue weighted by Crippen LogP contribution is 2.07. The van der Waals surface area contributed by atoms with Crippen molar-refractivity contribution in [3.05, 3.63) is 36.2 Å². The molecule has 0 atom stereocenters. The summed E-state index contributed by atoms with van der Waals surface area (Å²) in [7, 11) is 0. The molecule has 5 nitrogen and oxygen atoms in total. The van der Waals surface area contributed by atoms with Gasteiger partial charge in [-0.3, -0.25) is 10.7 Å². The summed E-state index contributed by atoms with van der Waals surface area (Å²) in [6, 6.07) is 7.07. The molecule has 4 N–H and O–H groups in total. The molecule has 1 rings (SSSR count). The van der Waals surface area contributed by atoms with E-state index < -0.39 is 6.09 Å². The van der Waals surface area contributed by atoms with Gasteiger partial charge in [0.2, 0.25) is 0 Å². The van der Waals surface area contributed by atoms with Crippen LogP contribution in [0.3, 0.4) is 0 Å². The van der Waals surface area contributed by atoms with Gasteiger partial charge in [-0.1, -0.05) is 19.1 Å². The Hall–Kier alpha value is -2.04. The van der Waals surface area contributed by atoms with Crippen molar-refractivity contribution in [3.63, 3.8) is 0 Å². The molecule has 0 aliphatic heterocycles. The number of carbonyl (C=O) groups excluding carboxylic acids is 1. The van der Waals surface area contributed by atoms with E-state index in [2.05, 4.69) is 5.32 Å². The third kappa shape index (κ3) is 4.00. The summed E-state index contributed by atoms with van der Waals surface area (Å²) in [5.74, 6) is 0.0116. The maximum atomic E-state index is 11.1. The zero-order valence-electron chi connectivity index (χ0n) is 8.99. The van der Waals surface area contributed by atoms with Crippen LogP contribution < -0.4 is 11.1 Å². The molecule has 0 fully saturated rings. The predicted molar refractivity (Wildman–Crippen MR) is 61.9 cm³/mol. The Kier molecular flexibility index (Phi) is 4.32. The number of alkyl carbamates (subject to hydrolysis) is 1. The summed E-state index contributed by atoms with van der Waals surface area (Å²) in [5, 5.41) is 9.45. The summed E-state index contributed by atoms with van der Waals surface area (Å²) in [5.41, 5.74) is 7.00. The minimum absolute atomic E-state index is 0.0116. The number of hydrogen-bond donors (Lipinski definition) is 3. The van der Waals surface area contributed by atoms with E-state index in [0.717, 1.165) is 5.56 Å². The Morgan fingerprint density at radius 2 is 2.38 bits per heavy atom. The smallest absolute Gasteiger partial charge is 0.412 e. The van der Waals surface area contributed by atoms with E-state index in [1.807, 2.05) is 0 Å². The Balaban J connectivity index is 2.40. The number of anilines is 1. The minimum Gasteiger partial charge on any atom is -0.444 e. The van der Waals surface area contributed by atoms with E-state index in [-0.39, 0.29) is 12.4 Å². The van der Waals surface area contributed by atoms with Crippen molar-refractivity contribution < 1.29 is 9.53 Å². The highest BCUT2D eigenvalue weighted by Gasteiger charge is 2.04. The van der Waals surface area contributed by atoms with Crippen LogP contribution in [0.5, 0.6) is 0 Å². The molecule has 0 unspecified atom stereocenters. The first kappa shape index (κ1) is 12.0. The van der Waals surface area contributed by atoms with Gasteiger partial charge in [-0.15, -0.1) is 0 Å². The monoisotopic (exact) mass is 220 g/mol. The van der Waals surface area contributed by atoms with E-state index in [1.165, 1.54) is 6.42 Å². The number of benzene rings is 1. The fraction of sp³-hybridized carbons (Fsp3) is 0.182. The Bertz CT molecular complexity index is 391. The molecular weight excluding hydrogens is 206 g/mol. The van der Waals surface area contributed by atoms with Crippen molar-refractivity contribution >= 4 is 17.6 Å². The average molecular weight is 220 g/mol. The SMILES string of the molecule is C[CH]C(=N)NC(=O)OCc1cccc(N)c1. The van der Waals surface area contributed by atoms with Gasteiger partial charge in [0.15, 0.2) is 0 Å². The van der Waals surface area contributed by atoms with Gasteiger partial charge in [0.25, 0.3) is 0 Å². The van der Waals surface area contributed by atoms with Crippen molar-refractivity contribution in [3.8, 4) is 0 Å². The van der Waals surface area contributed by atoms with E-state index in [4.69, 9.17) is 15.9 Å². The Labute approximate surface area is 94.1 Å². The first-order valence-corrected chi connectivity index (χ1v) is 4.78. The normalized spacial score (nSPS) is 9.56. The van der Waals surface area contributed by atoms with Gasteiger partial charge in [0.05, 0.1) is 0 Å². The molecule has 0 aromatic heterocycles. The standard InChI is InChI=1S/C11H14N3O2/c1-2-10(13)14-11(15)16-7-8-4-3-5-9(12)6-8/h2-6H,7,12H2,1H3,(H2,13,14,15). The second-order valence-electron chi connectivity index (χ2n) is 3.15. The van der Waals surface area contributed by atoms with Crippen LogP contribution in [0.1, 0.15) is 12.5 Å². The fourth-order valence-corrected chi connectivity index (χ4v) is 1.05. The van der Waals surface area contributed by atoms with Crippen LogP contribution in [0.2, 0.25) is 0 Å². The lowest BCUT2D eigenvalue weighted by Crippen LogP contribution is -2.29. The lowest BCUT2D eigenvalue weighted by Gasteiger charge is -2.06. The molecule has 1 aromatic carbocycles. The zero-order valence-corrected chi connectivity index (χ0v) is 8.99. The van der Waals surface area contributed by atoms with Crippen molar-refractivity contribution in [1.82, 2.24) is 5.32 Å². The number of carbonyl (C=O) groups is 1. The van der Waals surface area contributed by atoms with Gasteiger partial charge in [-0.05, 0) is 17.7 Å². The van der Waals surface area contributed by atoms with Crippen molar-refractivity contribution in [2.45, 2.75) is 13.5 Å². The van der Waals surface area contributed by atoms with E-state index in [1.54, 1.807) is 31.2 Å². The number of nitrogens with two attached hydrogens (primary N) is 1. The zero-order chi connectivity index (χ0) is 12.0. The Morgan fingerprint density at radius 3 is 3.00 bits per heavy atom. The minimum atomic E-state index is -0.648. The van der Waals surface area contributed by atoms with Crippen molar-refractivity contribution in [2.75, 3.05) is 5.73 Å². The topological polar surface area (TPSA) is 88.2 Å². The third-order valence-electron chi connectivity index (χ3n) is 1.85. The van der Waals surface area contributed by atoms with Gasteiger partial charge in [-0.2, -0.15) is 0 Å². The molecule has 0 heterocycles. The number of amidine groups is 1. The molecule has 0 saturated heterocycles. The predicted octanol–water partition coefficient (Wildman–Crippen LogP) is 1.70. The van der Waals surface area contributed by atoms with Crippen LogP contribution in [-0.4, -0.2) is 11.9 Å². The number of nitrogen functional groups attached to an aromatic ring is 1. The summed E-state index contributed by atoms with van der Waals surface area (Å²) in [6.45, 7) is 1.79. The van der Waals surface area contributed by atoms with Crippen molar-refractivity contribution in [2.24, 2.45) is 0 Å². The molecule has 5 heteroatoms. The van der Waals surface area contributed by atoms with Crippen LogP contribution >= 0.6 is 0 Å². The highest BCUT2D eigenvalue weighted by atomic mass is 16.5. The third-order valence-corrected chi connectivity index (χ3v) is 1.85. The molecule has 85 valence electrons. The van der Waals surface area contributed by atoms with E-state index in [0.29, 0.717) is 5.69 Å². The number of nitrogens with one attached hydrogen (secondary N) is 2. The molecule has 0 aliphatic carbocycles. The summed E-state index contributed by atoms with van der Waals surface area (Å²) < 4.78 is 4.89. The quantitative estimate of drug-likeness (QED) is 0.411. The average Bonchev–Trinajstić information content (AvgIpc) is 2.26. The number of ether oxygens (including phenoxy) is 1. The molecule has 1 amide bonds. The Morgan fingerprint density at radius 1 is 1.62 bits per heavy atom. The lowest BCUT2D eigenvalue weighted by molar-refractivity contribution is 0.145. The molecular formula is C11H14N3O2. The summed E-state index contributed by atoms with van der Waals surface area (Å²) >= 11 is 0. The molecule has 0 spiro atoms. The van der Waals surface area contributed by atoms with E-state index in [9.17, 15) is 4.79 Å². The van der Waals surface area contributed by atoms with Crippen LogP contribution in [-0.2, 0) is 11.3 Å². The van der Waals surface area contributed by atoms with E-state index >= 15 is 0 Å². The number of rotatable bonds is 3. The lowest BCUT2D eigenvalue weighted by atomic mass is 10.2. The summed E-state index contributed by atoms with van der Waals surface area (Å²) in [6.07, 6.45) is 0.812. The molecule has 16 heavy (non-hydrogen) atoms. The molecule has 0 aliphatic rings. The van der Waals surface area contributed by atoms with Crippen LogP contribution in [0.4, 0.5) is 10.5 Å². The highest BCUT2D eigenvalue weighted by molar-refractivity contribution is 5.98. The maximum Gasteiger partial charge on any atom is 0.412 e. The second-order valence-corrected chi connectivity index (χ2v) is 3.15. The molecule has 1 aromatic rings. The summed E-state index contributed by atoms with van der Waals surface area (Å²) in [4.78, 5) is 11.1.